The number of fused-ring (bicyclic) bond motifs is 3. The number of rotatable bonds is 1. The summed E-state index contributed by atoms with van der Waals surface area (Å²) in [6.07, 6.45) is 1.71. The number of hydrogen-bond donors (Lipinski definition) is 0. The number of hydrogen-bond acceptors (Lipinski definition) is 2. The van der Waals surface area contributed by atoms with Gasteiger partial charge in [0.25, 0.3) is 5.82 Å². The van der Waals surface area contributed by atoms with Crippen molar-refractivity contribution in [2.75, 3.05) is 4.81 Å². The minimum Gasteiger partial charge on any atom is -0.452 e. The molecule has 120 valence electrons. The van der Waals surface area contributed by atoms with Crippen LogP contribution in [0.25, 0.3) is 22.6 Å². The van der Waals surface area contributed by atoms with Gasteiger partial charge in [-0.2, -0.15) is 0 Å². The van der Waals surface area contributed by atoms with E-state index in [-0.39, 0.29) is 6.85 Å². The third kappa shape index (κ3) is 2.09. The van der Waals surface area contributed by atoms with Crippen LogP contribution in [0.3, 0.4) is 0 Å². The Bertz CT molecular complexity index is 1180. The van der Waals surface area contributed by atoms with Gasteiger partial charge in [-0.3, -0.25) is 4.81 Å². The van der Waals surface area contributed by atoms with E-state index in [0.717, 1.165) is 38.7 Å². The maximum atomic E-state index is 7.74. The van der Waals surface area contributed by atoms with Crippen LogP contribution in [0.2, 0.25) is 6.82 Å². The fraction of sp³-hybridized carbons (Fsp3) is 0.250. The van der Waals surface area contributed by atoms with Crippen LogP contribution in [0.1, 0.15) is 22.2 Å². The van der Waals surface area contributed by atoms with Crippen molar-refractivity contribution in [2.45, 2.75) is 27.5 Å². The van der Waals surface area contributed by atoms with Crippen LogP contribution in [0.15, 0.2) is 40.9 Å². The van der Waals surface area contributed by atoms with Gasteiger partial charge in [-0.05, 0) is 44.7 Å². The largest absolute Gasteiger partial charge is 0.452 e. The second-order valence-corrected chi connectivity index (χ2v) is 6.54. The van der Waals surface area contributed by atoms with Gasteiger partial charge in [-0.25, -0.2) is 4.57 Å². The highest BCUT2D eigenvalue weighted by Gasteiger charge is 2.33. The Kier molecular flexibility index (Phi) is 2.62. The molecule has 24 heavy (non-hydrogen) atoms. The molecular weight excluding hydrogens is 295 g/mol. The molecule has 2 aromatic heterocycles. The van der Waals surface area contributed by atoms with Crippen molar-refractivity contribution in [3.05, 3.63) is 58.3 Å². The van der Waals surface area contributed by atoms with Crippen molar-refractivity contribution in [2.24, 2.45) is 7.05 Å². The molecule has 0 saturated heterocycles. The SMILES string of the molecule is [2H]C([2H])([2H])c1c[n+](C)c(N2B(C)C=c3c(oc4ccccc34)=C2C)cc1C. The third-order valence-corrected chi connectivity index (χ3v) is 4.84. The van der Waals surface area contributed by atoms with E-state index < -0.39 is 6.85 Å². The lowest BCUT2D eigenvalue weighted by Crippen LogP contribution is -2.50. The van der Waals surface area contributed by atoms with E-state index in [1.54, 1.807) is 6.20 Å². The molecule has 0 spiro atoms. The van der Waals surface area contributed by atoms with E-state index in [1.165, 1.54) is 0 Å². The molecular formula is C20H22BN2O+. The van der Waals surface area contributed by atoms with Gasteiger partial charge in [0.05, 0.1) is 13.2 Å². The minimum absolute atomic E-state index is 0.114. The summed E-state index contributed by atoms with van der Waals surface area (Å²) in [4.78, 5) is 2.20. The average Bonchev–Trinajstić information content (AvgIpc) is 2.95. The Hall–Kier alpha value is -2.49. The lowest BCUT2D eigenvalue weighted by molar-refractivity contribution is -0.658. The van der Waals surface area contributed by atoms with E-state index in [2.05, 4.69) is 30.6 Å². The summed E-state index contributed by atoms with van der Waals surface area (Å²) < 4.78 is 31.3. The maximum Gasteiger partial charge on any atom is 0.402 e. The highest BCUT2D eigenvalue weighted by atomic mass is 16.3. The number of aromatic nitrogens is 1. The van der Waals surface area contributed by atoms with Crippen LogP contribution in [-0.2, 0) is 7.05 Å². The van der Waals surface area contributed by atoms with Crippen LogP contribution >= 0.6 is 0 Å². The van der Waals surface area contributed by atoms with Gasteiger partial charge in [0.2, 0.25) is 0 Å². The average molecular weight is 320 g/mol. The molecule has 0 radical (unpaired) electrons. The van der Waals surface area contributed by atoms with Crippen molar-refractivity contribution in [3.8, 4) is 0 Å². The van der Waals surface area contributed by atoms with E-state index in [1.807, 2.05) is 42.8 Å². The van der Waals surface area contributed by atoms with Crippen molar-refractivity contribution in [3.63, 3.8) is 0 Å². The van der Waals surface area contributed by atoms with Gasteiger partial charge in [0.15, 0.2) is 5.42 Å². The molecule has 0 N–H and O–H groups in total. The summed E-state index contributed by atoms with van der Waals surface area (Å²) in [6, 6.07) is 10.0. The first-order valence-electron chi connectivity index (χ1n) is 9.69. The second kappa shape index (κ2) is 5.27. The Morgan fingerprint density at radius 3 is 2.79 bits per heavy atom. The highest BCUT2D eigenvalue weighted by Crippen LogP contribution is 2.22. The lowest BCUT2D eigenvalue weighted by Gasteiger charge is -2.24. The summed E-state index contributed by atoms with van der Waals surface area (Å²) in [7, 11) is 1.89. The van der Waals surface area contributed by atoms with Gasteiger partial charge in [-0.15, -0.1) is 0 Å². The highest BCUT2D eigenvalue weighted by molar-refractivity contribution is 6.77. The molecule has 0 unspecified atom stereocenters. The fourth-order valence-electron chi connectivity index (χ4n) is 3.58. The normalized spacial score (nSPS) is 16.5. The molecule has 0 fully saturated rings. The molecule has 0 atom stereocenters. The molecule has 3 aromatic rings. The van der Waals surface area contributed by atoms with Crippen LogP contribution < -0.4 is 20.0 Å². The van der Waals surface area contributed by atoms with Crippen LogP contribution in [0.5, 0.6) is 0 Å². The van der Waals surface area contributed by atoms with Gasteiger partial charge < -0.3 is 4.42 Å². The molecule has 1 aliphatic heterocycles. The molecule has 3 heterocycles. The van der Waals surface area contributed by atoms with Gasteiger partial charge in [-0.1, -0.05) is 24.2 Å². The first kappa shape index (κ1) is 12.0. The summed E-state index contributed by atoms with van der Waals surface area (Å²) in [5.74, 6) is 3.15. The van der Waals surface area contributed by atoms with Crippen LogP contribution in [-0.4, -0.2) is 6.85 Å². The summed E-state index contributed by atoms with van der Waals surface area (Å²) in [5.41, 5.74) is 3.91. The Labute approximate surface area is 146 Å². The number of aryl methyl sites for hydroxylation is 3. The number of nitrogens with zero attached hydrogens (tertiary/aromatic N) is 2. The van der Waals surface area contributed by atoms with Gasteiger partial charge in [0.1, 0.15) is 11.3 Å². The lowest BCUT2D eigenvalue weighted by atomic mass is 9.60. The maximum absolute atomic E-state index is 7.74. The van der Waals surface area contributed by atoms with Crippen LogP contribution in [0, 0.1) is 13.8 Å². The van der Waals surface area contributed by atoms with Crippen molar-refractivity contribution in [1.29, 1.82) is 0 Å². The smallest absolute Gasteiger partial charge is 0.402 e. The topological polar surface area (TPSA) is 20.3 Å². The molecule has 0 saturated carbocycles. The monoisotopic (exact) mass is 320 g/mol. The minimum atomic E-state index is -2.12. The molecule has 4 rings (SSSR count). The molecule has 3 nitrogen and oxygen atoms in total. The number of para-hydroxylation sites is 1. The van der Waals surface area contributed by atoms with Crippen LogP contribution in [0.4, 0.5) is 5.82 Å². The Morgan fingerprint density at radius 2 is 2.00 bits per heavy atom. The number of anilines is 1. The summed E-state index contributed by atoms with van der Waals surface area (Å²) in [6.45, 7) is 4.04. The second-order valence-electron chi connectivity index (χ2n) is 6.54. The van der Waals surface area contributed by atoms with E-state index in [9.17, 15) is 0 Å². The zero-order chi connectivity index (χ0) is 19.5. The number of benzene rings is 1. The molecule has 1 aliphatic rings. The Balaban J connectivity index is 1.94. The summed E-state index contributed by atoms with van der Waals surface area (Å²) in [5, 5.41) is 2.25. The zero-order valence-corrected chi connectivity index (χ0v) is 14.4. The van der Waals surface area contributed by atoms with E-state index in [4.69, 9.17) is 8.53 Å². The van der Waals surface area contributed by atoms with Crippen molar-refractivity contribution in [1.82, 2.24) is 0 Å². The quantitative estimate of drug-likeness (QED) is 0.507. The van der Waals surface area contributed by atoms with Gasteiger partial charge >= 0.3 is 6.85 Å². The first-order chi connectivity index (χ1) is 12.7. The number of furan rings is 1. The standard InChI is InChI=1S/C20H22BN2O/c1-13-10-19(22(5)12-14(13)2)23-15(3)20-17(11-21(23)4)16-8-6-7-9-18(16)24-20/h6-12H,1-5H3/q+1/i2D3. The molecule has 0 aliphatic carbocycles. The molecule has 0 bridgehead atoms. The fourth-order valence-corrected chi connectivity index (χ4v) is 3.58. The van der Waals surface area contributed by atoms with E-state index >= 15 is 0 Å². The van der Waals surface area contributed by atoms with E-state index in [0.29, 0.717) is 5.56 Å². The molecule has 1 aromatic carbocycles. The Morgan fingerprint density at radius 1 is 1.21 bits per heavy atom. The predicted octanol–water partition coefficient (Wildman–Crippen LogP) is 2.46. The predicted molar refractivity (Wildman–Crippen MR) is 100 cm³/mol. The van der Waals surface area contributed by atoms with Crippen molar-refractivity contribution < 1.29 is 13.1 Å². The zero-order valence-electron chi connectivity index (χ0n) is 17.4. The van der Waals surface area contributed by atoms with Crippen molar-refractivity contribution >= 4 is 35.3 Å². The number of pyridine rings is 1. The molecule has 0 amide bonds. The third-order valence-electron chi connectivity index (χ3n) is 4.84. The van der Waals surface area contributed by atoms with Gasteiger partial charge in [0, 0.05) is 20.8 Å². The first-order valence-corrected chi connectivity index (χ1v) is 8.19. The molecule has 4 heteroatoms. The summed E-state index contributed by atoms with van der Waals surface area (Å²) >= 11 is 0.